The molecule has 0 atom stereocenters. The average Bonchev–Trinajstić information content (AvgIpc) is 2.59. The summed E-state index contributed by atoms with van der Waals surface area (Å²) in [6.07, 6.45) is 4.88. The molecule has 5 nitrogen and oxygen atoms in total. The molecule has 5 heteroatoms. The quantitative estimate of drug-likeness (QED) is 0.761. The van der Waals surface area contributed by atoms with Crippen molar-refractivity contribution in [2.75, 3.05) is 18.5 Å². The van der Waals surface area contributed by atoms with E-state index in [1.165, 1.54) is 5.56 Å². The number of rotatable bonds is 8. The third kappa shape index (κ3) is 5.36. The lowest BCUT2D eigenvalue weighted by Crippen LogP contribution is -2.27. The summed E-state index contributed by atoms with van der Waals surface area (Å²) in [4.78, 5) is 22.7. The summed E-state index contributed by atoms with van der Waals surface area (Å²) in [7, 11) is 1.92. The van der Waals surface area contributed by atoms with Crippen LogP contribution >= 0.6 is 0 Å². The molecule has 0 aliphatic rings. The summed E-state index contributed by atoms with van der Waals surface area (Å²) in [6, 6.07) is 11.8. The Balaban J connectivity index is 1.97. The van der Waals surface area contributed by atoms with Gasteiger partial charge >= 0.3 is 0 Å². The Labute approximate surface area is 137 Å². The van der Waals surface area contributed by atoms with Crippen LogP contribution in [0.5, 0.6) is 0 Å². The second-order valence-corrected chi connectivity index (χ2v) is 5.55. The molecule has 2 aromatic rings. The summed E-state index contributed by atoms with van der Waals surface area (Å²) in [5.41, 5.74) is 1.58. The molecule has 1 amide bonds. The maximum atomic E-state index is 12.1. The Bertz CT molecular complexity index is 615. The summed E-state index contributed by atoms with van der Waals surface area (Å²) in [5.74, 6) is 0.410. The SMILES string of the molecule is CCCCCNC(=O)c1ccnc(N(C)Cc2ccccc2)n1. The van der Waals surface area contributed by atoms with Gasteiger partial charge in [-0.3, -0.25) is 4.79 Å². The highest BCUT2D eigenvalue weighted by atomic mass is 16.1. The Morgan fingerprint density at radius 1 is 1.17 bits per heavy atom. The van der Waals surface area contributed by atoms with Crippen molar-refractivity contribution in [1.29, 1.82) is 0 Å². The molecule has 0 aliphatic heterocycles. The van der Waals surface area contributed by atoms with Crippen LogP contribution in [0.2, 0.25) is 0 Å². The fourth-order valence-corrected chi connectivity index (χ4v) is 2.25. The van der Waals surface area contributed by atoms with E-state index in [4.69, 9.17) is 0 Å². The molecule has 0 bridgehead atoms. The molecule has 0 saturated heterocycles. The summed E-state index contributed by atoms with van der Waals surface area (Å²) >= 11 is 0. The van der Waals surface area contributed by atoms with E-state index in [0.717, 1.165) is 19.3 Å². The largest absolute Gasteiger partial charge is 0.351 e. The molecular formula is C18H24N4O. The van der Waals surface area contributed by atoms with Gasteiger partial charge in [0.05, 0.1) is 0 Å². The smallest absolute Gasteiger partial charge is 0.270 e. The van der Waals surface area contributed by atoms with Crippen LogP contribution in [0.15, 0.2) is 42.6 Å². The van der Waals surface area contributed by atoms with Crippen molar-refractivity contribution in [2.45, 2.75) is 32.7 Å². The number of amides is 1. The second-order valence-electron chi connectivity index (χ2n) is 5.55. The van der Waals surface area contributed by atoms with Gasteiger partial charge in [0.25, 0.3) is 5.91 Å². The predicted octanol–water partition coefficient (Wildman–Crippen LogP) is 3.03. The van der Waals surface area contributed by atoms with Gasteiger partial charge in [0, 0.05) is 26.3 Å². The van der Waals surface area contributed by atoms with Crippen molar-refractivity contribution in [3.05, 3.63) is 53.9 Å². The fraction of sp³-hybridized carbons (Fsp3) is 0.389. The summed E-state index contributed by atoms with van der Waals surface area (Å²) in [5, 5.41) is 2.90. The lowest BCUT2D eigenvalue weighted by molar-refractivity contribution is 0.0948. The molecule has 2 rings (SSSR count). The van der Waals surface area contributed by atoms with Gasteiger partial charge in [-0.15, -0.1) is 0 Å². The standard InChI is InChI=1S/C18H24N4O/c1-3-4-8-12-19-17(23)16-11-13-20-18(21-16)22(2)14-15-9-6-5-7-10-15/h5-7,9-11,13H,3-4,8,12,14H2,1-2H3,(H,19,23). The molecule has 0 spiro atoms. The molecule has 0 fully saturated rings. The average molecular weight is 312 g/mol. The zero-order valence-corrected chi connectivity index (χ0v) is 13.8. The first-order chi connectivity index (χ1) is 11.2. The van der Waals surface area contributed by atoms with Crippen LogP contribution in [-0.4, -0.2) is 29.5 Å². The van der Waals surface area contributed by atoms with E-state index in [0.29, 0.717) is 24.7 Å². The highest BCUT2D eigenvalue weighted by molar-refractivity contribution is 5.92. The molecule has 0 radical (unpaired) electrons. The van der Waals surface area contributed by atoms with Crippen molar-refractivity contribution in [1.82, 2.24) is 15.3 Å². The minimum atomic E-state index is -0.141. The maximum Gasteiger partial charge on any atom is 0.270 e. The van der Waals surface area contributed by atoms with Gasteiger partial charge in [-0.2, -0.15) is 0 Å². The normalized spacial score (nSPS) is 10.3. The van der Waals surface area contributed by atoms with Crippen LogP contribution in [0.25, 0.3) is 0 Å². The molecule has 0 unspecified atom stereocenters. The number of nitrogens with zero attached hydrogens (tertiary/aromatic N) is 3. The molecule has 122 valence electrons. The number of hydrogen-bond donors (Lipinski definition) is 1. The minimum absolute atomic E-state index is 0.141. The number of hydrogen-bond acceptors (Lipinski definition) is 4. The van der Waals surface area contributed by atoms with Crippen LogP contribution in [0, 0.1) is 0 Å². The second kappa shape index (κ2) is 8.88. The fourth-order valence-electron chi connectivity index (χ4n) is 2.25. The van der Waals surface area contributed by atoms with Crippen molar-refractivity contribution in [3.63, 3.8) is 0 Å². The zero-order chi connectivity index (χ0) is 16.5. The lowest BCUT2D eigenvalue weighted by Gasteiger charge is -2.17. The lowest BCUT2D eigenvalue weighted by atomic mass is 10.2. The van der Waals surface area contributed by atoms with E-state index in [-0.39, 0.29) is 5.91 Å². The van der Waals surface area contributed by atoms with Crippen molar-refractivity contribution >= 4 is 11.9 Å². The number of carbonyl (C=O) groups excluding carboxylic acids is 1. The number of carbonyl (C=O) groups is 1. The Kier molecular flexibility index (Phi) is 6.54. The van der Waals surface area contributed by atoms with Gasteiger partial charge in [-0.25, -0.2) is 9.97 Å². The third-order valence-electron chi connectivity index (χ3n) is 3.55. The number of benzene rings is 1. The third-order valence-corrected chi connectivity index (χ3v) is 3.55. The number of anilines is 1. The first-order valence-electron chi connectivity index (χ1n) is 8.07. The van der Waals surface area contributed by atoms with Gasteiger partial charge in [-0.1, -0.05) is 50.1 Å². The Hall–Kier alpha value is -2.43. The van der Waals surface area contributed by atoms with Gasteiger partial charge in [-0.05, 0) is 18.1 Å². The van der Waals surface area contributed by atoms with Crippen LogP contribution in [0.3, 0.4) is 0 Å². The van der Waals surface area contributed by atoms with E-state index < -0.39 is 0 Å². The molecule has 23 heavy (non-hydrogen) atoms. The molecular weight excluding hydrogens is 288 g/mol. The van der Waals surface area contributed by atoms with Crippen LogP contribution in [0.4, 0.5) is 5.95 Å². The van der Waals surface area contributed by atoms with Gasteiger partial charge in [0.1, 0.15) is 5.69 Å². The first kappa shape index (κ1) is 16.9. The molecule has 0 saturated carbocycles. The molecule has 1 heterocycles. The maximum absolute atomic E-state index is 12.1. The molecule has 1 aromatic heterocycles. The molecule has 1 aromatic carbocycles. The van der Waals surface area contributed by atoms with Crippen molar-refractivity contribution in [3.8, 4) is 0 Å². The highest BCUT2D eigenvalue weighted by Gasteiger charge is 2.11. The van der Waals surface area contributed by atoms with E-state index in [1.807, 2.05) is 30.1 Å². The highest BCUT2D eigenvalue weighted by Crippen LogP contribution is 2.10. The predicted molar refractivity (Wildman–Crippen MR) is 92.4 cm³/mol. The number of nitrogens with one attached hydrogen (secondary N) is 1. The zero-order valence-electron chi connectivity index (χ0n) is 13.8. The van der Waals surface area contributed by atoms with Crippen LogP contribution < -0.4 is 10.2 Å². The number of aromatic nitrogens is 2. The first-order valence-corrected chi connectivity index (χ1v) is 8.07. The molecule has 0 aliphatic carbocycles. The van der Waals surface area contributed by atoms with Crippen LogP contribution in [0.1, 0.15) is 42.2 Å². The Morgan fingerprint density at radius 3 is 2.70 bits per heavy atom. The monoisotopic (exact) mass is 312 g/mol. The van der Waals surface area contributed by atoms with E-state index in [1.54, 1.807) is 12.3 Å². The van der Waals surface area contributed by atoms with Crippen LogP contribution in [-0.2, 0) is 6.54 Å². The van der Waals surface area contributed by atoms with E-state index in [9.17, 15) is 4.79 Å². The topological polar surface area (TPSA) is 58.1 Å². The number of unbranched alkanes of at least 4 members (excludes halogenated alkanes) is 2. The molecule has 1 N–H and O–H groups in total. The summed E-state index contributed by atoms with van der Waals surface area (Å²) < 4.78 is 0. The van der Waals surface area contributed by atoms with Gasteiger partial charge in [0.2, 0.25) is 5.95 Å². The minimum Gasteiger partial charge on any atom is -0.351 e. The summed E-state index contributed by atoms with van der Waals surface area (Å²) in [6.45, 7) is 3.52. The van der Waals surface area contributed by atoms with E-state index in [2.05, 4.69) is 34.3 Å². The van der Waals surface area contributed by atoms with Gasteiger partial charge < -0.3 is 10.2 Å². The Morgan fingerprint density at radius 2 is 1.96 bits per heavy atom. The van der Waals surface area contributed by atoms with Crippen molar-refractivity contribution in [2.24, 2.45) is 0 Å². The van der Waals surface area contributed by atoms with E-state index >= 15 is 0 Å². The van der Waals surface area contributed by atoms with Crippen molar-refractivity contribution < 1.29 is 4.79 Å². The van der Waals surface area contributed by atoms with Gasteiger partial charge in [0.15, 0.2) is 0 Å².